The highest BCUT2D eigenvalue weighted by Gasteiger charge is 2.13. The standard InChI is InChI=1S/C22H18N4/c1-15-11-12-20-19(13-15)24-21-17-9-5-6-10-18(17)25-22(26(20)21)23-14-16-7-3-2-4-8-16/h2-13H,14H2,1H3,(H,23,25). The molecule has 5 aromatic rings. The van der Waals surface area contributed by atoms with Crippen molar-refractivity contribution < 1.29 is 0 Å². The van der Waals surface area contributed by atoms with Gasteiger partial charge in [0.15, 0.2) is 0 Å². The van der Waals surface area contributed by atoms with E-state index in [9.17, 15) is 0 Å². The second kappa shape index (κ2) is 5.85. The van der Waals surface area contributed by atoms with Gasteiger partial charge in [0, 0.05) is 11.9 Å². The zero-order chi connectivity index (χ0) is 17.5. The molecule has 0 saturated heterocycles. The average molecular weight is 338 g/mol. The molecule has 2 heterocycles. The summed E-state index contributed by atoms with van der Waals surface area (Å²) in [6.07, 6.45) is 0. The third-order valence-corrected chi connectivity index (χ3v) is 4.69. The van der Waals surface area contributed by atoms with E-state index in [0.717, 1.165) is 33.5 Å². The van der Waals surface area contributed by atoms with Crippen LogP contribution in [0.1, 0.15) is 11.1 Å². The number of aromatic nitrogens is 3. The summed E-state index contributed by atoms with van der Waals surface area (Å²) < 4.78 is 2.13. The van der Waals surface area contributed by atoms with Gasteiger partial charge in [0.05, 0.1) is 16.6 Å². The maximum atomic E-state index is 4.90. The van der Waals surface area contributed by atoms with Crippen molar-refractivity contribution >= 4 is 33.5 Å². The van der Waals surface area contributed by atoms with E-state index in [1.54, 1.807) is 0 Å². The Morgan fingerprint density at radius 3 is 2.54 bits per heavy atom. The van der Waals surface area contributed by atoms with Crippen LogP contribution < -0.4 is 5.32 Å². The summed E-state index contributed by atoms with van der Waals surface area (Å²) in [5.74, 6) is 0.814. The highest BCUT2D eigenvalue weighted by atomic mass is 15.2. The molecule has 0 radical (unpaired) electrons. The van der Waals surface area contributed by atoms with E-state index in [-0.39, 0.29) is 0 Å². The van der Waals surface area contributed by atoms with Crippen LogP contribution in [0.4, 0.5) is 5.95 Å². The molecule has 126 valence electrons. The topological polar surface area (TPSA) is 42.2 Å². The van der Waals surface area contributed by atoms with Crippen molar-refractivity contribution in [2.45, 2.75) is 13.5 Å². The lowest BCUT2D eigenvalue weighted by Gasteiger charge is -2.11. The molecule has 3 aromatic carbocycles. The molecule has 0 unspecified atom stereocenters. The van der Waals surface area contributed by atoms with Crippen LogP contribution in [0.2, 0.25) is 0 Å². The maximum Gasteiger partial charge on any atom is 0.210 e. The number of hydrogen-bond acceptors (Lipinski definition) is 3. The summed E-state index contributed by atoms with van der Waals surface area (Å²) in [4.78, 5) is 9.78. The fourth-order valence-electron chi connectivity index (χ4n) is 3.41. The predicted molar refractivity (Wildman–Crippen MR) is 107 cm³/mol. The first kappa shape index (κ1) is 14.9. The Morgan fingerprint density at radius 2 is 1.65 bits per heavy atom. The van der Waals surface area contributed by atoms with Crippen LogP contribution in [0, 0.1) is 6.92 Å². The summed E-state index contributed by atoms with van der Waals surface area (Å²) in [5, 5.41) is 4.56. The van der Waals surface area contributed by atoms with Crippen LogP contribution in [0.5, 0.6) is 0 Å². The maximum absolute atomic E-state index is 4.90. The van der Waals surface area contributed by atoms with Crippen LogP contribution in [0.25, 0.3) is 27.6 Å². The van der Waals surface area contributed by atoms with E-state index in [4.69, 9.17) is 9.97 Å². The van der Waals surface area contributed by atoms with Gasteiger partial charge in [-0.25, -0.2) is 9.97 Å². The lowest BCUT2D eigenvalue weighted by molar-refractivity contribution is 1.05. The minimum Gasteiger partial charge on any atom is -0.351 e. The zero-order valence-electron chi connectivity index (χ0n) is 14.5. The van der Waals surface area contributed by atoms with Crippen LogP contribution in [-0.4, -0.2) is 14.4 Å². The molecule has 0 fully saturated rings. The SMILES string of the molecule is Cc1ccc2c(c1)nc1c3ccccc3nc(NCc3ccccc3)n21. The summed E-state index contributed by atoms with van der Waals surface area (Å²) in [6.45, 7) is 2.81. The summed E-state index contributed by atoms with van der Waals surface area (Å²) in [5.41, 5.74) is 6.37. The van der Waals surface area contributed by atoms with E-state index >= 15 is 0 Å². The quantitative estimate of drug-likeness (QED) is 0.506. The molecule has 0 spiro atoms. The Labute approximate surface area is 151 Å². The van der Waals surface area contributed by atoms with Crippen LogP contribution in [0.15, 0.2) is 72.8 Å². The Balaban J connectivity index is 1.75. The molecule has 4 heteroatoms. The fourth-order valence-corrected chi connectivity index (χ4v) is 3.41. The molecule has 2 aromatic heterocycles. The van der Waals surface area contributed by atoms with Crippen molar-refractivity contribution in [2.24, 2.45) is 0 Å². The van der Waals surface area contributed by atoms with Crippen molar-refractivity contribution in [3.8, 4) is 0 Å². The van der Waals surface area contributed by atoms with Crippen LogP contribution in [0.3, 0.4) is 0 Å². The first-order valence-electron chi connectivity index (χ1n) is 8.75. The van der Waals surface area contributed by atoms with E-state index < -0.39 is 0 Å². The third kappa shape index (κ3) is 2.39. The number of fused-ring (bicyclic) bond motifs is 5. The van der Waals surface area contributed by atoms with Gasteiger partial charge in [-0.1, -0.05) is 48.5 Å². The second-order valence-electron chi connectivity index (χ2n) is 6.55. The highest BCUT2D eigenvalue weighted by Crippen LogP contribution is 2.27. The minimum absolute atomic E-state index is 0.715. The van der Waals surface area contributed by atoms with Gasteiger partial charge in [-0.3, -0.25) is 4.40 Å². The van der Waals surface area contributed by atoms with Gasteiger partial charge in [0.2, 0.25) is 5.95 Å². The minimum atomic E-state index is 0.715. The molecule has 0 atom stereocenters. The number of para-hydroxylation sites is 1. The third-order valence-electron chi connectivity index (χ3n) is 4.69. The fraction of sp³-hybridized carbons (Fsp3) is 0.0909. The van der Waals surface area contributed by atoms with Gasteiger partial charge in [-0.05, 0) is 42.3 Å². The Morgan fingerprint density at radius 1 is 0.846 bits per heavy atom. The molecule has 0 saturated carbocycles. The van der Waals surface area contributed by atoms with Gasteiger partial charge in [-0.2, -0.15) is 0 Å². The van der Waals surface area contributed by atoms with E-state index in [1.807, 2.05) is 24.3 Å². The number of imidazole rings is 1. The number of rotatable bonds is 3. The Kier molecular flexibility index (Phi) is 3.35. The zero-order valence-corrected chi connectivity index (χ0v) is 14.5. The van der Waals surface area contributed by atoms with E-state index in [2.05, 4.69) is 65.2 Å². The van der Waals surface area contributed by atoms with Gasteiger partial charge < -0.3 is 5.32 Å². The molecule has 1 N–H and O–H groups in total. The number of anilines is 1. The number of hydrogen-bond donors (Lipinski definition) is 1. The largest absolute Gasteiger partial charge is 0.351 e. The Hall–Kier alpha value is -3.40. The van der Waals surface area contributed by atoms with E-state index in [0.29, 0.717) is 6.54 Å². The highest BCUT2D eigenvalue weighted by molar-refractivity contribution is 5.97. The first-order valence-corrected chi connectivity index (χ1v) is 8.75. The van der Waals surface area contributed by atoms with Crippen LogP contribution in [-0.2, 0) is 6.54 Å². The number of nitrogens with zero attached hydrogens (tertiary/aromatic N) is 3. The molecular weight excluding hydrogens is 320 g/mol. The monoisotopic (exact) mass is 338 g/mol. The molecule has 0 aliphatic heterocycles. The lowest BCUT2D eigenvalue weighted by Crippen LogP contribution is -2.07. The van der Waals surface area contributed by atoms with Crippen molar-refractivity contribution in [1.29, 1.82) is 0 Å². The van der Waals surface area contributed by atoms with Gasteiger partial charge in [-0.15, -0.1) is 0 Å². The summed E-state index contributed by atoms with van der Waals surface area (Å²) in [7, 11) is 0. The number of aryl methyl sites for hydroxylation is 1. The number of benzene rings is 3. The molecule has 0 aliphatic rings. The second-order valence-corrected chi connectivity index (χ2v) is 6.55. The molecule has 0 bridgehead atoms. The predicted octanol–water partition coefficient (Wildman–Crippen LogP) is 4.96. The van der Waals surface area contributed by atoms with Crippen molar-refractivity contribution in [1.82, 2.24) is 14.4 Å². The number of nitrogens with one attached hydrogen (secondary N) is 1. The average Bonchev–Trinajstić information content (AvgIpc) is 3.06. The van der Waals surface area contributed by atoms with E-state index in [1.165, 1.54) is 11.1 Å². The molecular formula is C22H18N4. The van der Waals surface area contributed by atoms with Gasteiger partial charge in [0.1, 0.15) is 5.65 Å². The van der Waals surface area contributed by atoms with Crippen molar-refractivity contribution in [3.63, 3.8) is 0 Å². The molecule has 0 aliphatic carbocycles. The molecule has 5 rings (SSSR count). The summed E-state index contributed by atoms with van der Waals surface area (Å²) >= 11 is 0. The van der Waals surface area contributed by atoms with Crippen LogP contribution >= 0.6 is 0 Å². The smallest absolute Gasteiger partial charge is 0.210 e. The van der Waals surface area contributed by atoms with Crippen molar-refractivity contribution in [2.75, 3.05) is 5.32 Å². The molecule has 26 heavy (non-hydrogen) atoms. The molecule has 4 nitrogen and oxygen atoms in total. The van der Waals surface area contributed by atoms with Crippen molar-refractivity contribution in [3.05, 3.63) is 83.9 Å². The van der Waals surface area contributed by atoms with Gasteiger partial charge in [0.25, 0.3) is 0 Å². The summed E-state index contributed by atoms with van der Waals surface area (Å²) in [6, 6.07) is 24.9. The molecule has 0 amide bonds. The Bertz CT molecular complexity index is 1240. The normalized spacial score (nSPS) is 11.4. The first-order chi connectivity index (χ1) is 12.8. The van der Waals surface area contributed by atoms with Gasteiger partial charge >= 0.3 is 0 Å². The lowest BCUT2D eigenvalue weighted by atomic mass is 10.2.